The number of rotatable bonds is 2. The predicted molar refractivity (Wildman–Crippen MR) is 50.5 cm³/mol. The molecule has 0 bridgehead atoms. The van der Waals surface area contributed by atoms with Crippen molar-refractivity contribution in [3.63, 3.8) is 0 Å². The Bertz CT molecular complexity index is 418. The fraction of sp³-hybridized carbons (Fsp3) is 0.333. The first kappa shape index (κ1) is 8.19. The number of aryl methyl sites for hydroxylation is 1. The molecule has 0 atom stereocenters. The Morgan fingerprint density at radius 3 is 3.00 bits per heavy atom. The van der Waals surface area contributed by atoms with E-state index in [2.05, 4.69) is 22.4 Å². The quantitative estimate of drug-likeness (QED) is 0.734. The Morgan fingerprint density at radius 1 is 1.38 bits per heavy atom. The van der Waals surface area contributed by atoms with Crippen LogP contribution in [0.4, 0.5) is 0 Å². The van der Waals surface area contributed by atoms with Crippen molar-refractivity contribution in [2.24, 2.45) is 0 Å². The molecule has 0 amide bonds. The SMILES string of the molecule is CNCc1nnc2ccc(C)cn12. The van der Waals surface area contributed by atoms with E-state index in [0.29, 0.717) is 0 Å². The first-order valence-electron chi connectivity index (χ1n) is 4.26. The van der Waals surface area contributed by atoms with E-state index in [-0.39, 0.29) is 0 Å². The van der Waals surface area contributed by atoms with Crippen LogP contribution in [0.25, 0.3) is 5.65 Å². The predicted octanol–water partition coefficient (Wildman–Crippen LogP) is 0.757. The summed E-state index contributed by atoms with van der Waals surface area (Å²) in [7, 11) is 1.90. The fourth-order valence-corrected chi connectivity index (χ4v) is 1.32. The number of aromatic nitrogens is 3. The Hall–Kier alpha value is -1.42. The van der Waals surface area contributed by atoms with Gasteiger partial charge in [0.1, 0.15) is 0 Å². The minimum Gasteiger partial charge on any atom is -0.313 e. The minimum absolute atomic E-state index is 0.741. The van der Waals surface area contributed by atoms with Crippen LogP contribution in [0.15, 0.2) is 18.3 Å². The molecule has 0 aliphatic carbocycles. The van der Waals surface area contributed by atoms with Crippen LogP contribution in [0.1, 0.15) is 11.4 Å². The lowest BCUT2D eigenvalue weighted by atomic mass is 10.3. The smallest absolute Gasteiger partial charge is 0.160 e. The standard InChI is InChI=1S/C9H12N4/c1-7-3-4-8-11-12-9(5-10-2)13(8)6-7/h3-4,6,10H,5H2,1-2H3. The van der Waals surface area contributed by atoms with Gasteiger partial charge in [-0.15, -0.1) is 10.2 Å². The molecule has 0 saturated carbocycles. The van der Waals surface area contributed by atoms with Crippen molar-refractivity contribution in [2.45, 2.75) is 13.5 Å². The van der Waals surface area contributed by atoms with E-state index in [1.165, 1.54) is 5.56 Å². The summed E-state index contributed by atoms with van der Waals surface area (Å²) in [6, 6.07) is 4.01. The van der Waals surface area contributed by atoms with Crippen molar-refractivity contribution >= 4 is 5.65 Å². The van der Waals surface area contributed by atoms with Gasteiger partial charge in [-0.25, -0.2) is 0 Å². The molecule has 0 aromatic carbocycles. The highest BCUT2D eigenvalue weighted by Gasteiger charge is 2.02. The van der Waals surface area contributed by atoms with Crippen LogP contribution in [0.3, 0.4) is 0 Å². The summed E-state index contributed by atoms with van der Waals surface area (Å²) >= 11 is 0. The van der Waals surface area contributed by atoms with Crippen molar-refractivity contribution in [3.05, 3.63) is 29.7 Å². The Balaban J connectivity index is 2.58. The molecule has 2 heterocycles. The Labute approximate surface area is 76.6 Å². The van der Waals surface area contributed by atoms with Crippen molar-refractivity contribution in [3.8, 4) is 0 Å². The van der Waals surface area contributed by atoms with E-state index in [1.54, 1.807) is 0 Å². The van der Waals surface area contributed by atoms with Crippen LogP contribution in [0, 0.1) is 6.92 Å². The molecule has 2 aromatic heterocycles. The zero-order valence-electron chi connectivity index (χ0n) is 7.78. The van der Waals surface area contributed by atoms with E-state index in [0.717, 1.165) is 18.0 Å². The summed E-state index contributed by atoms with van der Waals surface area (Å²) in [5, 5.41) is 11.2. The molecule has 0 aliphatic rings. The van der Waals surface area contributed by atoms with Gasteiger partial charge >= 0.3 is 0 Å². The summed E-state index contributed by atoms with van der Waals surface area (Å²) in [5.74, 6) is 0.946. The van der Waals surface area contributed by atoms with Gasteiger partial charge in [-0.3, -0.25) is 4.40 Å². The average Bonchev–Trinajstić information content (AvgIpc) is 2.49. The molecular formula is C9H12N4. The maximum atomic E-state index is 4.08. The topological polar surface area (TPSA) is 42.2 Å². The van der Waals surface area contributed by atoms with Crippen LogP contribution in [0.2, 0.25) is 0 Å². The molecule has 13 heavy (non-hydrogen) atoms. The first-order chi connectivity index (χ1) is 6.31. The number of pyridine rings is 1. The second-order valence-electron chi connectivity index (χ2n) is 3.08. The van der Waals surface area contributed by atoms with Gasteiger partial charge in [0.2, 0.25) is 0 Å². The zero-order chi connectivity index (χ0) is 9.26. The molecule has 1 N–H and O–H groups in total. The van der Waals surface area contributed by atoms with Crippen LogP contribution in [-0.4, -0.2) is 21.6 Å². The van der Waals surface area contributed by atoms with Gasteiger partial charge in [-0.2, -0.15) is 0 Å². The maximum Gasteiger partial charge on any atom is 0.160 e. The largest absolute Gasteiger partial charge is 0.313 e. The maximum absolute atomic E-state index is 4.08. The second kappa shape index (κ2) is 3.14. The van der Waals surface area contributed by atoms with E-state index in [4.69, 9.17) is 0 Å². The Kier molecular flexibility index (Phi) is 1.98. The lowest BCUT2D eigenvalue weighted by Crippen LogP contribution is -2.08. The summed E-state index contributed by atoms with van der Waals surface area (Å²) in [6.07, 6.45) is 2.04. The highest BCUT2D eigenvalue weighted by molar-refractivity contribution is 5.39. The van der Waals surface area contributed by atoms with Crippen LogP contribution >= 0.6 is 0 Å². The summed E-state index contributed by atoms with van der Waals surface area (Å²) in [6.45, 7) is 2.80. The molecule has 4 nitrogen and oxygen atoms in total. The zero-order valence-corrected chi connectivity index (χ0v) is 7.78. The molecule has 0 saturated heterocycles. The monoisotopic (exact) mass is 176 g/mol. The summed E-state index contributed by atoms with van der Waals surface area (Å²) in [4.78, 5) is 0. The van der Waals surface area contributed by atoms with Crippen molar-refractivity contribution in [2.75, 3.05) is 7.05 Å². The number of fused-ring (bicyclic) bond motifs is 1. The summed E-state index contributed by atoms with van der Waals surface area (Å²) in [5.41, 5.74) is 2.11. The van der Waals surface area contributed by atoms with Gasteiger partial charge in [0, 0.05) is 6.20 Å². The molecular weight excluding hydrogens is 164 g/mol. The molecule has 0 spiro atoms. The van der Waals surface area contributed by atoms with Crippen molar-refractivity contribution < 1.29 is 0 Å². The van der Waals surface area contributed by atoms with Gasteiger partial charge < -0.3 is 5.32 Å². The number of nitrogens with zero attached hydrogens (tertiary/aromatic N) is 3. The highest BCUT2D eigenvalue weighted by atomic mass is 15.3. The van der Waals surface area contributed by atoms with Crippen molar-refractivity contribution in [1.82, 2.24) is 19.9 Å². The van der Waals surface area contributed by atoms with Gasteiger partial charge in [0.25, 0.3) is 0 Å². The third-order valence-electron chi connectivity index (χ3n) is 1.96. The molecule has 68 valence electrons. The highest BCUT2D eigenvalue weighted by Crippen LogP contribution is 2.05. The van der Waals surface area contributed by atoms with E-state index < -0.39 is 0 Å². The lowest BCUT2D eigenvalue weighted by molar-refractivity contribution is 0.746. The van der Waals surface area contributed by atoms with Gasteiger partial charge in [0.05, 0.1) is 6.54 Å². The van der Waals surface area contributed by atoms with Crippen LogP contribution in [0.5, 0.6) is 0 Å². The second-order valence-corrected chi connectivity index (χ2v) is 3.08. The van der Waals surface area contributed by atoms with Gasteiger partial charge in [0.15, 0.2) is 11.5 Å². The van der Waals surface area contributed by atoms with E-state index >= 15 is 0 Å². The first-order valence-corrected chi connectivity index (χ1v) is 4.26. The number of nitrogens with one attached hydrogen (secondary N) is 1. The molecule has 0 fully saturated rings. The fourth-order valence-electron chi connectivity index (χ4n) is 1.32. The molecule has 4 heteroatoms. The van der Waals surface area contributed by atoms with E-state index in [9.17, 15) is 0 Å². The lowest BCUT2D eigenvalue weighted by Gasteiger charge is -1.99. The number of hydrogen-bond donors (Lipinski definition) is 1. The third-order valence-corrected chi connectivity index (χ3v) is 1.96. The minimum atomic E-state index is 0.741. The average molecular weight is 176 g/mol. The third kappa shape index (κ3) is 1.40. The molecule has 0 radical (unpaired) electrons. The molecule has 2 rings (SSSR count). The van der Waals surface area contributed by atoms with Gasteiger partial charge in [-0.05, 0) is 25.6 Å². The van der Waals surface area contributed by atoms with Crippen molar-refractivity contribution in [1.29, 1.82) is 0 Å². The van der Waals surface area contributed by atoms with Crippen LogP contribution in [-0.2, 0) is 6.54 Å². The summed E-state index contributed by atoms with van der Waals surface area (Å²) < 4.78 is 2.01. The van der Waals surface area contributed by atoms with E-state index in [1.807, 2.05) is 29.8 Å². The Morgan fingerprint density at radius 2 is 2.23 bits per heavy atom. The number of hydrogen-bond acceptors (Lipinski definition) is 3. The normalized spacial score (nSPS) is 10.9. The molecule has 2 aromatic rings. The van der Waals surface area contributed by atoms with Crippen LogP contribution < -0.4 is 5.32 Å². The van der Waals surface area contributed by atoms with Gasteiger partial charge in [-0.1, -0.05) is 6.07 Å². The molecule has 0 unspecified atom stereocenters. The molecule has 0 aliphatic heterocycles.